The highest BCUT2D eigenvalue weighted by atomic mass is 32.1. The number of pyridine rings is 1. The molecule has 0 atom stereocenters. The van der Waals surface area contributed by atoms with Gasteiger partial charge in [0, 0.05) is 25.6 Å². The number of carbonyl (C=O) groups excluding carboxylic acids is 1. The van der Waals surface area contributed by atoms with Crippen LogP contribution < -0.4 is 5.32 Å². The lowest BCUT2D eigenvalue weighted by molar-refractivity contribution is -0.141. The van der Waals surface area contributed by atoms with Crippen LogP contribution in [0.1, 0.15) is 5.82 Å². The topological polar surface area (TPSA) is 88.8 Å². The molecule has 0 unspecified atom stereocenters. The summed E-state index contributed by atoms with van der Waals surface area (Å²) in [5.41, 5.74) is 0.623. The average Bonchev–Trinajstić information content (AvgIpc) is 3.24. The molecule has 0 aromatic carbocycles. The SMILES string of the molecule is CN(Cc1nccn1CC(F)(F)F)C(=O)Nc1nnc(-c2ccccn2)s1. The Bertz CT molecular complexity index is 910. The zero-order chi connectivity index (χ0) is 19.4. The molecule has 0 aliphatic rings. The zero-order valence-corrected chi connectivity index (χ0v) is 14.8. The molecule has 2 amide bonds. The maximum atomic E-state index is 12.6. The van der Waals surface area contributed by atoms with Gasteiger partial charge in [-0.25, -0.2) is 9.78 Å². The monoisotopic (exact) mass is 397 g/mol. The van der Waals surface area contributed by atoms with Gasteiger partial charge >= 0.3 is 12.2 Å². The maximum absolute atomic E-state index is 12.6. The van der Waals surface area contributed by atoms with Crippen LogP contribution in [-0.4, -0.2) is 48.9 Å². The van der Waals surface area contributed by atoms with Crippen LogP contribution in [-0.2, 0) is 13.1 Å². The first kappa shape index (κ1) is 18.8. The predicted molar refractivity (Wildman–Crippen MR) is 91.9 cm³/mol. The number of nitrogens with zero attached hydrogens (tertiary/aromatic N) is 6. The summed E-state index contributed by atoms with van der Waals surface area (Å²) in [5, 5.41) is 11.2. The highest BCUT2D eigenvalue weighted by Crippen LogP contribution is 2.24. The first-order chi connectivity index (χ1) is 12.8. The van der Waals surface area contributed by atoms with E-state index < -0.39 is 18.8 Å². The van der Waals surface area contributed by atoms with Crippen molar-refractivity contribution in [3.05, 3.63) is 42.6 Å². The van der Waals surface area contributed by atoms with Crippen LogP contribution >= 0.6 is 11.3 Å². The number of hydrogen-bond acceptors (Lipinski definition) is 6. The Morgan fingerprint density at radius 2 is 2.07 bits per heavy atom. The minimum absolute atomic E-state index is 0.0964. The third-order valence-electron chi connectivity index (χ3n) is 3.40. The Morgan fingerprint density at radius 3 is 2.78 bits per heavy atom. The molecule has 12 heteroatoms. The minimum Gasteiger partial charge on any atom is -0.324 e. The first-order valence-corrected chi connectivity index (χ1v) is 8.47. The largest absolute Gasteiger partial charge is 0.406 e. The van der Waals surface area contributed by atoms with E-state index in [0.717, 1.165) is 15.9 Å². The number of aromatic nitrogens is 5. The van der Waals surface area contributed by atoms with Crippen molar-refractivity contribution in [1.29, 1.82) is 0 Å². The zero-order valence-electron chi connectivity index (χ0n) is 14.0. The van der Waals surface area contributed by atoms with Gasteiger partial charge < -0.3 is 9.47 Å². The summed E-state index contributed by atoms with van der Waals surface area (Å²) < 4.78 is 38.6. The van der Waals surface area contributed by atoms with Crippen LogP contribution in [0.4, 0.5) is 23.1 Å². The van der Waals surface area contributed by atoms with Gasteiger partial charge in [0.25, 0.3) is 0 Å². The fraction of sp³-hybridized carbons (Fsp3) is 0.267. The second-order valence-electron chi connectivity index (χ2n) is 5.50. The van der Waals surface area contributed by atoms with E-state index in [1.54, 1.807) is 24.4 Å². The third kappa shape index (κ3) is 5.00. The molecular weight excluding hydrogens is 383 g/mol. The Hall–Kier alpha value is -3.02. The summed E-state index contributed by atoms with van der Waals surface area (Å²) in [6.07, 6.45) is -0.272. The van der Waals surface area contributed by atoms with Crippen LogP contribution in [0.2, 0.25) is 0 Å². The van der Waals surface area contributed by atoms with Crippen molar-refractivity contribution in [2.24, 2.45) is 0 Å². The summed E-state index contributed by atoms with van der Waals surface area (Å²) in [4.78, 5) is 21.5. The van der Waals surface area contributed by atoms with Gasteiger partial charge in [0.15, 0.2) is 5.01 Å². The van der Waals surface area contributed by atoms with E-state index in [1.807, 2.05) is 0 Å². The summed E-state index contributed by atoms with van der Waals surface area (Å²) >= 11 is 1.14. The molecule has 1 N–H and O–H groups in total. The van der Waals surface area contributed by atoms with Gasteiger partial charge in [-0.15, -0.1) is 10.2 Å². The third-order valence-corrected chi connectivity index (χ3v) is 4.26. The molecule has 0 aliphatic carbocycles. The average molecular weight is 397 g/mol. The Labute approximate surface area is 155 Å². The van der Waals surface area contributed by atoms with Gasteiger partial charge in [-0.05, 0) is 12.1 Å². The molecule has 0 saturated carbocycles. The van der Waals surface area contributed by atoms with Crippen LogP contribution in [0.3, 0.4) is 0 Å². The van der Waals surface area contributed by atoms with Crippen molar-refractivity contribution in [2.45, 2.75) is 19.3 Å². The summed E-state index contributed by atoms with van der Waals surface area (Å²) in [5.74, 6) is 0.122. The number of hydrogen-bond donors (Lipinski definition) is 1. The molecule has 3 rings (SSSR count). The fourth-order valence-corrected chi connectivity index (χ4v) is 2.88. The van der Waals surface area contributed by atoms with E-state index in [9.17, 15) is 18.0 Å². The molecule has 8 nitrogen and oxygen atoms in total. The van der Waals surface area contributed by atoms with E-state index >= 15 is 0 Å². The highest BCUT2D eigenvalue weighted by Gasteiger charge is 2.29. The van der Waals surface area contributed by atoms with Crippen LogP contribution in [0.15, 0.2) is 36.8 Å². The van der Waals surface area contributed by atoms with Crippen molar-refractivity contribution < 1.29 is 18.0 Å². The lowest BCUT2D eigenvalue weighted by atomic mass is 10.4. The second-order valence-corrected chi connectivity index (χ2v) is 6.48. The van der Waals surface area contributed by atoms with Crippen LogP contribution in [0.5, 0.6) is 0 Å². The number of rotatable bonds is 5. The van der Waals surface area contributed by atoms with Gasteiger partial charge in [0.05, 0.1) is 6.54 Å². The highest BCUT2D eigenvalue weighted by molar-refractivity contribution is 7.18. The summed E-state index contributed by atoms with van der Waals surface area (Å²) in [7, 11) is 1.45. The molecular formula is C15H14F3N7OS. The van der Waals surface area contributed by atoms with Gasteiger partial charge in [0.1, 0.15) is 18.1 Å². The van der Waals surface area contributed by atoms with Crippen molar-refractivity contribution in [3.8, 4) is 10.7 Å². The number of nitrogens with one attached hydrogen (secondary N) is 1. The maximum Gasteiger partial charge on any atom is 0.406 e. The van der Waals surface area contributed by atoms with Crippen LogP contribution in [0.25, 0.3) is 10.7 Å². The molecule has 3 aromatic heterocycles. The van der Waals surface area contributed by atoms with Gasteiger partial charge in [0.2, 0.25) is 5.13 Å². The molecule has 0 aliphatic heterocycles. The second kappa shape index (κ2) is 7.70. The van der Waals surface area contributed by atoms with E-state index in [1.165, 1.54) is 24.3 Å². The summed E-state index contributed by atoms with van der Waals surface area (Å²) in [6, 6.07) is 4.79. The number of anilines is 1. The van der Waals surface area contributed by atoms with E-state index in [0.29, 0.717) is 10.7 Å². The lowest BCUT2D eigenvalue weighted by Crippen LogP contribution is -2.32. The van der Waals surface area contributed by atoms with E-state index in [2.05, 4.69) is 25.5 Å². The number of urea groups is 1. The Morgan fingerprint density at radius 1 is 1.26 bits per heavy atom. The lowest BCUT2D eigenvalue weighted by Gasteiger charge is -2.18. The number of imidazole rings is 1. The standard InChI is InChI=1S/C15H14F3N7OS/c1-24(8-11-20-6-7-25(11)9-15(16,17)18)14(26)21-13-23-22-12(27-13)10-4-2-3-5-19-10/h2-7H,8-9H2,1H3,(H,21,23,26). The molecule has 0 saturated heterocycles. The first-order valence-electron chi connectivity index (χ1n) is 7.65. The molecule has 3 aromatic rings. The normalized spacial score (nSPS) is 11.4. The number of alkyl halides is 3. The van der Waals surface area contributed by atoms with Crippen LogP contribution in [0, 0.1) is 0 Å². The van der Waals surface area contributed by atoms with Crippen molar-refractivity contribution >= 4 is 22.5 Å². The molecule has 0 spiro atoms. The fourth-order valence-electron chi connectivity index (χ4n) is 2.17. The Kier molecular flexibility index (Phi) is 5.35. The molecule has 0 bridgehead atoms. The molecule has 142 valence electrons. The molecule has 0 radical (unpaired) electrons. The van der Waals surface area contributed by atoms with Crippen molar-refractivity contribution in [3.63, 3.8) is 0 Å². The van der Waals surface area contributed by atoms with Crippen molar-refractivity contribution in [2.75, 3.05) is 12.4 Å². The number of amides is 2. The smallest absolute Gasteiger partial charge is 0.324 e. The quantitative estimate of drug-likeness (QED) is 0.715. The van der Waals surface area contributed by atoms with E-state index in [4.69, 9.17) is 0 Å². The van der Waals surface area contributed by atoms with Gasteiger partial charge in [-0.2, -0.15) is 13.2 Å². The molecule has 0 fully saturated rings. The number of carbonyl (C=O) groups is 1. The van der Waals surface area contributed by atoms with Gasteiger partial charge in [-0.3, -0.25) is 10.3 Å². The van der Waals surface area contributed by atoms with E-state index in [-0.39, 0.29) is 17.5 Å². The minimum atomic E-state index is -4.37. The predicted octanol–water partition coefficient (Wildman–Crippen LogP) is 3.02. The van der Waals surface area contributed by atoms with Gasteiger partial charge in [-0.1, -0.05) is 17.4 Å². The number of halogens is 3. The molecule has 27 heavy (non-hydrogen) atoms. The Balaban J connectivity index is 1.62. The van der Waals surface area contributed by atoms with Crippen molar-refractivity contribution in [1.82, 2.24) is 29.6 Å². The summed E-state index contributed by atoms with van der Waals surface area (Å²) in [6.45, 7) is -1.26. The molecule has 3 heterocycles.